The standard InChI is InChI=1S/C16H34N4.HI/c1-7-14(4)19-15(17)18-11-16(5,6)20-9-12(2)8-13(3)10-20;/h12-14H,7-11H2,1-6H3,(H3,17,18,19);1H. The molecule has 0 aliphatic carbocycles. The molecule has 126 valence electrons. The second kappa shape index (κ2) is 9.18. The smallest absolute Gasteiger partial charge is 0.188 e. The summed E-state index contributed by atoms with van der Waals surface area (Å²) >= 11 is 0. The average Bonchev–Trinajstić information content (AvgIpc) is 2.35. The number of likely N-dealkylation sites (tertiary alicyclic amines) is 1. The molecular weight excluding hydrogens is 375 g/mol. The minimum atomic E-state index is 0. The van der Waals surface area contributed by atoms with Crippen LogP contribution in [0.5, 0.6) is 0 Å². The Morgan fingerprint density at radius 3 is 2.33 bits per heavy atom. The molecule has 21 heavy (non-hydrogen) atoms. The van der Waals surface area contributed by atoms with E-state index in [0.717, 1.165) is 24.8 Å². The van der Waals surface area contributed by atoms with Crippen LogP contribution in [-0.2, 0) is 0 Å². The molecule has 0 bridgehead atoms. The molecule has 1 saturated heterocycles. The monoisotopic (exact) mass is 410 g/mol. The number of nitrogens with two attached hydrogens (primary N) is 1. The van der Waals surface area contributed by atoms with E-state index in [-0.39, 0.29) is 29.5 Å². The molecule has 1 heterocycles. The van der Waals surface area contributed by atoms with Crippen molar-refractivity contribution in [2.45, 2.75) is 66.0 Å². The van der Waals surface area contributed by atoms with E-state index in [2.05, 4.69) is 56.8 Å². The van der Waals surface area contributed by atoms with Crippen molar-refractivity contribution >= 4 is 29.9 Å². The highest BCUT2D eigenvalue weighted by atomic mass is 127. The van der Waals surface area contributed by atoms with Gasteiger partial charge in [-0.3, -0.25) is 9.89 Å². The highest BCUT2D eigenvalue weighted by Crippen LogP contribution is 2.27. The first kappa shape index (κ1) is 21.0. The summed E-state index contributed by atoms with van der Waals surface area (Å²) in [5.41, 5.74) is 6.04. The van der Waals surface area contributed by atoms with Crippen LogP contribution in [0.25, 0.3) is 0 Å². The van der Waals surface area contributed by atoms with Crippen molar-refractivity contribution in [3.63, 3.8) is 0 Å². The van der Waals surface area contributed by atoms with Crippen molar-refractivity contribution < 1.29 is 0 Å². The van der Waals surface area contributed by atoms with Crippen LogP contribution in [0.15, 0.2) is 4.99 Å². The third-order valence-electron chi connectivity index (χ3n) is 4.37. The first-order valence-electron chi connectivity index (χ1n) is 8.06. The lowest BCUT2D eigenvalue weighted by Crippen LogP contribution is -2.53. The Labute approximate surface area is 148 Å². The number of hydrogen-bond donors (Lipinski definition) is 2. The van der Waals surface area contributed by atoms with Crippen molar-refractivity contribution in [3.8, 4) is 0 Å². The van der Waals surface area contributed by atoms with E-state index in [0.29, 0.717) is 12.0 Å². The summed E-state index contributed by atoms with van der Waals surface area (Å²) in [6, 6.07) is 0.386. The zero-order valence-corrected chi connectivity index (χ0v) is 17.0. The van der Waals surface area contributed by atoms with Gasteiger partial charge in [0.15, 0.2) is 5.96 Å². The molecule has 3 N–H and O–H groups in total. The minimum absolute atomic E-state index is 0. The molecule has 0 aromatic rings. The van der Waals surface area contributed by atoms with E-state index < -0.39 is 0 Å². The number of hydrogen-bond acceptors (Lipinski definition) is 2. The highest BCUT2D eigenvalue weighted by Gasteiger charge is 2.32. The van der Waals surface area contributed by atoms with Crippen molar-refractivity contribution in [3.05, 3.63) is 0 Å². The molecule has 0 aromatic carbocycles. The van der Waals surface area contributed by atoms with Crippen LogP contribution in [0.3, 0.4) is 0 Å². The zero-order chi connectivity index (χ0) is 15.3. The number of piperidine rings is 1. The van der Waals surface area contributed by atoms with Crippen molar-refractivity contribution in [1.82, 2.24) is 10.2 Å². The quantitative estimate of drug-likeness (QED) is 0.416. The van der Waals surface area contributed by atoms with E-state index in [1.165, 1.54) is 19.5 Å². The van der Waals surface area contributed by atoms with Gasteiger partial charge in [-0.1, -0.05) is 20.8 Å². The van der Waals surface area contributed by atoms with E-state index >= 15 is 0 Å². The maximum absolute atomic E-state index is 5.96. The first-order chi connectivity index (χ1) is 9.24. The molecule has 0 amide bonds. The molecule has 1 aliphatic heterocycles. The lowest BCUT2D eigenvalue weighted by Gasteiger charge is -2.44. The predicted octanol–water partition coefficient (Wildman–Crippen LogP) is 3.06. The number of halogens is 1. The number of nitrogens with zero attached hydrogens (tertiary/aromatic N) is 2. The van der Waals surface area contributed by atoms with Crippen LogP contribution in [0.1, 0.15) is 54.4 Å². The molecule has 0 aromatic heterocycles. The lowest BCUT2D eigenvalue weighted by atomic mass is 9.88. The van der Waals surface area contributed by atoms with Gasteiger partial charge in [-0.25, -0.2) is 0 Å². The van der Waals surface area contributed by atoms with Gasteiger partial charge in [-0.05, 0) is 45.4 Å². The van der Waals surface area contributed by atoms with E-state index in [1.807, 2.05) is 0 Å². The number of aliphatic imine (C=N–C) groups is 1. The summed E-state index contributed by atoms with van der Waals surface area (Å²) in [6.07, 6.45) is 2.40. The van der Waals surface area contributed by atoms with E-state index in [9.17, 15) is 0 Å². The molecule has 3 atom stereocenters. The summed E-state index contributed by atoms with van der Waals surface area (Å²) in [4.78, 5) is 7.13. The fourth-order valence-electron chi connectivity index (χ4n) is 2.94. The summed E-state index contributed by atoms with van der Waals surface area (Å²) in [7, 11) is 0. The third kappa shape index (κ3) is 7.17. The van der Waals surface area contributed by atoms with Gasteiger partial charge in [0.25, 0.3) is 0 Å². The van der Waals surface area contributed by atoms with Gasteiger partial charge in [-0.2, -0.15) is 0 Å². The van der Waals surface area contributed by atoms with Crippen LogP contribution in [0.2, 0.25) is 0 Å². The Balaban J connectivity index is 0.00000400. The summed E-state index contributed by atoms with van der Waals surface area (Å²) in [5, 5.41) is 3.23. The van der Waals surface area contributed by atoms with Crippen LogP contribution in [-0.4, -0.2) is 42.1 Å². The molecular formula is C16H35IN4. The average molecular weight is 410 g/mol. The number of nitrogens with one attached hydrogen (secondary N) is 1. The Bertz CT molecular complexity index is 320. The molecule has 0 radical (unpaired) electrons. The molecule has 5 heteroatoms. The van der Waals surface area contributed by atoms with E-state index in [4.69, 9.17) is 5.73 Å². The number of rotatable bonds is 5. The van der Waals surface area contributed by atoms with Crippen molar-refractivity contribution in [2.75, 3.05) is 19.6 Å². The maximum Gasteiger partial charge on any atom is 0.188 e. The summed E-state index contributed by atoms with van der Waals surface area (Å²) < 4.78 is 0. The van der Waals surface area contributed by atoms with Crippen molar-refractivity contribution in [1.29, 1.82) is 0 Å². The normalized spacial score (nSPS) is 26.1. The Morgan fingerprint density at radius 2 is 1.86 bits per heavy atom. The van der Waals surface area contributed by atoms with Crippen LogP contribution in [0.4, 0.5) is 0 Å². The minimum Gasteiger partial charge on any atom is -0.370 e. The van der Waals surface area contributed by atoms with Crippen LogP contribution >= 0.6 is 24.0 Å². The van der Waals surface area contributed by atoms with Crippen molar-refractivity contribution in [2.24, 2.45) is 22.6 Å². The van der Waals surface area contributed by atoms with Gasteiger partial charge >= 0.3 is 0 Å². The molecule has 4 nitrogen and oxygen atoms in total. The SMILES string of the molecule is CCC(C)NC(N)=NCC(C)(C)N1CC(C)CC(C)C1.I. The Morgan fingerprint density at radius 1 is 1.33 bits per heavy atom. The summed E-state index contributed by atoms with van der Waals surface area (Å²) in [5.74, 6) is 2.13. The van der Waals surface area contributed by atoms with Crippen LogP contribution in [0, 0.1) is 11.8 Å². The summed E-state index contributed by atoms with van der Waals surface area (Å²) in [6.45, 7) is 16.6. The molecule has 1 fully saturated rings. The molecule has 0 spiro atoms. The topological polar surface area (TPSA) is 53.6 Å². The van der Waals surface area contributed by atoms with Gasteiger partial charge in [0.05, 0.1) is 6.54 Å². The Hall–Kier alpha value is -0.0400. The van der Waals surface area contributed by atoms with Gasteiger partial charge in [0.2, 0.25) is 0 Å². The molecule has 1 aliphatic rings. The first-order valence-corrected chi connectivity index (χ1v) is 8.06. The van der Waals surface area contributed by atoms with Gasteiger partial charge < -0.3 is 11.1 Å². The highest BCUT2D eigenvalue weighted by molar-refractivity contribution is 14.0. The number of guanidine groups is 1. The van der Waals surface area contributed by atoms with E-state index in [1.54, 1.807) is 0 Å². The molecule has 1 rings (SSSR count). The van der Waals surface area contributed by atoms with Gasteiger partial charge in [0, 0.05) is 24.7 Å². The predicted molar refractivity (Wildman–Crippen MR) is 103 cm³/mol. The lowest BCUT2D eigenvalue weighted by molar-refractivity contribution is 0.0513. The Kier molecular flexibility index (Phi) is 9.16. The van der Waals surface area contributed by atoms with Gasteiger partial charge in [0.1, 0.15) is 0 Å². The maximum atomic E-state index is 5.96. The second-order valence-electron chi connectivity index (χ2n) is 7.32. The largest absolute Gasteiger partial charge is 0.370 e. The van der Waals surface area contributed by atoms with Crippen LogP contribution < -0.4 is 11.1 Å². The fraction of sp³-hybridized carbons (Fsp3) is 0.938. The second-order valence-corrected chi connectivity index (χ2v) is 7.32. The molecule has 0 saturated carbocycles. The zero-order valence-electron chi connectivity index (χ0n) is 14.6. The fourth-order valence-corrected chi connectivity index (χ4v) is 2.94. The van der Waals surface area contributed by atoms with Gasteiger partial charge in [-0.15, -0.1) is 24.0 Å². The third-order valence-corrected chi connectivity index (χ3v) is 4.37. The molecule has 3 unspecified atom stereocenters.